The number of piperidine rings is 1. The Kier molecular flexibility index (Phi) is 7.90. The Morgan fingerprint density at radius 3 is 2.52 bits per heavy atom. The van der Waals surface area contributed by atoms with Crippen LogP contribution in [0.25, 0.3) is 0 Å². The number of nitrogens with one attached hydrogen (secondary N) is 2. The van der Waals surface area contributed by atoms with Crippen molar-refractivity contribution < 1.29 is 5.11 Å². The molecule has 1 aliphatic carbocycles. The predicted octanol–water partition coefficient (Wildman–Crippen LogP) is 2.45. The Morgan fingerprint density at radius 2 is 1.96 bits per heavy atom. The van der Waals surface area contributed by atoms with E-state index >= 15 is 0 Å². The zero-order valence-corrected chi connectivity index (χ0v) is 17.4. The summed E-state index contributed by atoms with van der Waals surface area (Å²) in [7, 11) is 0. The third kappa shape index (κ3) is 5.76. The average molecular weight is 371 g/mol. The van der Waals surface area contributed by atoms with Crippen molar-refractivity contribution in [2.24, 2.45) is 4.99 Å². The van der Waals surface area contributed by atoms with Crippen molar-refractivity contribution in [1.29, 1.82) is 0 Å². The molecule has 0 aromatic heterocycles. The molecule has 1 aliphatic heterocycles. The van der Waals surface area contributed by atoms with Gasteiger partial charge in [0, 0.05) is 23.9 Å². The Balaban J connectivity index is 1.89. The van der Waals surface area contributed by atoms with Gasteiger partial charge in [0.2, 0.25) is 0 Å². The van der Waals surface area contributed by atoms with Crippen molar-refractivity contribution in [3.05, 3.63) is 0 Å². The molecule has 0 aromatic rings. The number of aliphatic hydroxyl groups is 1. The molecular weight excluding hydrogens is 332 g/mol. The minimum absolute atomic E-state index is 0.0801. The first-order valence-electron chi connectivity index (χ1n) is 10.0. The maximum absolute atomic E-state index is 10.8. The second kappa shape index (κ2) is 9.47. The van der Waals surface area contributed by atoms with Crippen LogP contribution in [0.2, 0.25) is 0 Å². The van der Waals surface area contributed by atoms with Crippen LogP contribution in [0.1, 0.15) is 59.8 Å². The summed E-state index contributed by atoms with van der Waals surface area (Å²) in [6.45, 7) is 13.4. The summed E-state index contributed by atoms with van der Waals surface area (Å²) in [6.07, 6.45) is 5.96. The summed E-state index contributed by atoms with van der Waals surface area (Å²) in [5.41, 5.74) is -0.504. The van der Waals surface area contributed by atoms with Gasteiger partial charge in [-0.25, -0.2) is 0 Å². The van der Waals surface area contributed by atoms with Gasteiger partial charge in [0.15, 0.2) is 5.96 Å². The number of likely N-dealkylation sites (tertiary alicyclic amines) is 1. The van der Waals surface area contributed by atoms with Crippen molar-refractivity contribution in [2.75, 3.05) is 38.5 Å². The zero-order valence-electron chi connectivity index (χ0n) is 16.6. The van der Waals surface area contributed by atoms with Crippen LogP contribution in [0, 0.1) is 0 Å². The summed E-state index contributed by atoms with van der Waals surface area (Å²) >= 11 is 1.87. The first-order valence-corrected chi connectivity index (χ1v) is 11.1. The zero-order chi connectivity index (χ0) is 18.3. The maximum atomic E-state index is 10.8. The van der Waals surface area contributed by atoms with E-state index in [1.807, 2.05) is 11.8 Å². The van der Waals surface area contributed by atoms with Crippen molar-refractivity contribution in [1.82, 2.24) is 15.5 Å². The standard InChI is InChI=1S/C19H38N4OS/c1-5-20-17(22-15-19(24)11-10-16(19)25-6-2)21-14-18(3,4)23-12-8-7-9-13-23/h16,24H,5-15H2,1-4H3,(H2,20,21,22). The maximum Gasteiger partial charge on any atom is 0.191 e. The molecular formula is C19H38N4OS. The van der Waals surface area contributed by atoms with Crippen molar-refractivity contribution in [2.45, 2.75) is 76.2 Å². The highest BCUT2D eigenvalue weighted by Crippen LogP contribution is 2.40. The van der Waals surface area contributed by atoms with E-state index in [2.05, 4.69) is 43.2 Å². The van der Waals surface area contributed by atoms with Gasteiger partial charge in [0.1, 0.15) is 0 Å². The van der Waals surface area contributed by atoms with Crippen molar-refractivity contribution in [3.63, 3.8) is 0 Å². The van der Waals surface area contributed by atoms with E-state index in [-0.39, 0.29) is 5.54 Å². The average Bonchev–Trinajstić information content (AvgIpc) is 2.61. The van der Waals surface area contributed by atoms with E-state index < -0.39 is 5.60 Å². The summed E-state index contributed by atoms with van der Waals surface area (Å²) in [5, 5.41) is 17.8. The lowest BCUT2D eigenvalue weighted by molar-refractivity contribution is -0.0198. The molecule has 2 rings (SSSR count). The quantitative estimate of drug-likeness (QED) is 0.453. The molecule has 25 heavy (non-hydrogen) atoms. The minimum atomic E-state index is -0.584. The molecule has 2 aliphatic rings. The predicted molar refractivity (Wildman–Crippen MR) is 110 cm³/mol. The van der Waals surface area contributed by atoms with Gasteiger partial charge in [-0.3, -0.25) is 9.89 Å². The van der Waals surface area contributed by atoms with Crippen LogP contribution in [0.3, 0.4) is 0 Å². The number of hydrogen-bond acceptors (Lipinski definition) is 4. The molecule has 2 fully saturated rings. The van der Waals surface area contributed by atoms with Crippen LogP contribution in [0.4, 0.5) is 0 Å². The van der Waals surface area contributed by atoms with E-state index in [9.17, 15) is 5.11 Å². The molecule has 0 spiro atoms. The van der Waals surface area contributed by atoms with Gasteiger partial charge < -0.3 is 15.7 Å². The van der Waals surface area contributed by atoms with E-state index in [1.165, 1.54) is 32.4 Å². The highest BCUT2D eigenvalue weighted by atomic mass is 32.2. The number of aliphatic imine (C=N–C) groups is 1. The van der Waals surface area contributed by atoms with Crippen LogP contribution >= 0.6 is 11.8 Å². The van der Waals surface area contributed by atoms with Gasteiger partial charge in [-0.1, -0.05) is 13.3 Å². The van der Waals surface area contributed by atoms with E-state index in [4.69, 9.17) is 4.99 Å². The first-order chi connectivity index (χ1) is 11.9. The number of guanidine groups is 1. The number of nitrogens with zero attached hydrogens (tertiary/aromatic N) is 2. The molecule has 1 saturated heterocycles. The van der Waals surface area contributed by atoms with E-state index in [0.717, 1.165) is 37.6 Å². The second-order valence-electron chi connectivity index (χ2n) is 8.00. The normalized spacial score (nSPS) is 28.5. The van der Waals surface area contributed by atoms with Gasteiger partial charge >= 0.3 is 0 Å². The molecule has 3 N–H and O–H groups in total. The smallest absolute Gasteiger partial charge is 0.191 e. The van der Waals surface area contributed by atoms with Crippen molar-refractivity contribution in [3.8, 4) is 0 Å². The fraction of sp³-hybridized carbons (Fsp3) is 0.947. The monoisotopic (exact) mass is 370 g/mol. The van der Waals surface area contributed by atoms with Crippen LogP contribution in [-0.2, 0) is 0 Å². The third-order valence-electron chi connectivity index (χ3n) is 5.55. The molecule has 5 nitrogen and oxygen atoms in total. The van der Waals surface area contributed by atoms with Gasteiger partial charge in [0.05, 0.1) is 12.1 Å². The summed E-state index contributed by atoms with van der Waals surface area (Å²) < 4.78 is 0. The highest BCUT2D eigenvalue weighted by Gasteiger charge is 2.45. The molecule has 2 atom stereocenters. The summed E-state index contributed by atoms with van der Waals surface area (Å²) in [5.74, 6) is 1.89. The fourth-order valence-electron chi connectivity index (χ4n) is 3.69. The molecule has 0 radical (unpaired) electrons. The Labute approximate surface area is 158 Å². The number of hydrogen-bond donors (Lipinski definition) is 3. The molecule has 2 unspecified atom stereocenters. The third-order valence-corrected chi connectivity index (χ3v) is 6.96. The second-order valence-corrected chi connectivity index (χ2v) is 9.47. The Bertz CT molecular complexity index is 437. The topological polar surface area (TPSA) is 59.9 Å². The van der Waals surface area contributed by atoms with Crippen LogP contribution in [-0.4, -0.2) is 70.8 Å². The van der Waals surface area contributed by atoms with Gasteiger partial charge in [-0.2, -0.15) is 11.8 Å². The van der Waals surface area contributed by atoms with Crippen LogP contribution in [0.15, 0.2) is 4.99 Å². The van der Waals surface area contributed by atoms with Crippen LogP contribution in [0.5, 0.6) is 0 Å². The molecule has 1 saturated carbocycles. The van der Waals surface area contributed by atoms with Crippen LogP contribution < -0.4 is 10.6 Å². The highest BCUT2D eigenvalue weighted by molar-refractivity contribution is 8.00. The molecule has 0 amide bonds. The molecule has 1 heterocycles. The molecule has 146 valence electrons. The summed E-state index contributed by atoms with van der Waals surface area (Å²) in [6, 6.07) is 0. The molecule has 0 aromatic carbocycles. The SMILES string of the molecule is CCNC(=NCC(C)(C)N1CCCCC1)NCC1(O)CCC1SCC. The molecule has 0 bridgehead atoms. The molecule has 6 heteroatoms. The van der Waals surface area contributed by atoms with Gasteiger partial charge in [0.25, 0.3) is 0 Å². The largest absolute Gasteiger partial charge is 0.387 e. The van der Waals surface area contributed by atoms with Crippen molar-refractivity contribution >= 4 is 17.7 Å². The van der Waals surface area contributed by atoms with E-state index in [1.54, 1.807) is 0 Å². The lowest BCUT2D eigenvalue weighted by Gasteiger charge is -2.45. The Hall–Kier alpha value is -0.460. The fourth-order valence-corrected chi connectivity index (χ4v) is 4.89. The lowest BCUT2D eigenvalue weighted by atomic mass is 9.79. The summed E-state index contributed by atoms with van der Waals surface area (Å²) in [4.78, 5) is 7.39. The van der Waals surface area contributed by atoms with E-state index in [0.29, 0.717) is 11.8 Å². The minimum Gasteiger partial charge on any atom is -0.387 e. The van der Waals surface area contributed by atoms with Gasteiger partial charge in [-0.15, -0.1) is 0 Å². The Morgan fingerprint density at radius 1 is 1.24 bits per heavy atom. The number of thioether (sulfide) groups is 1. The lowest BCUT2D eigenvalue weighted by Crippen LogP contribution is -2.58. The first kappa shape index (κ1) is 20.8. The van der Waals surface area contributed by atoms with Gasteiger partial charge in [-0.05, 0) is 65.3 Å². The number of rotatable bonds is 8.